The van der Waals surface area contributed by atoms with Gasteiger partial charge in [-0.15, -0.1) is 0 Å². The number of carbonyl (C=O) groups excluding carboxylic acids is 1. The van der Waals surface area contributed by atoms with Crippen LogP contribution in [0.5, 0.6) is 5.75 Å². The lowest BCUT2D eigenvalue weighted by molar-refractivity contribution is 0.0347. The predicted molar refractivity (Wildman–Crippen MR) is 80.7 cm³/mol. The molecule has 2 N–H and O–H groups in total. The van der Waals surface area contributed by atoms with Crippen LogP contribution in [0.4, 0.5) is 5.69 Å². The molecule has 0 aromatic heterocycles. The van der Waals surface area contributed by atoms with Crippen molar-refractivity contribution < 1.29 is 14.3 Å². The average molecular weight is 304 g/mol. The zero-order chi connectivity index (χ0) is 14.8. The molecule has 0 aliphatic carbocycles. The van der Waals surface area contributed by atoms with Crippen LogP contribution in [0, 0.1) is 0 Å². The molecular weight excluding hydrogens is 290 g/mol. The van der Waals surface area contributed by atoms with Gasteiger partial charge >= 0.3 is 5.97 Å². The first kappa shape index (κ1) is 13.8. The number of hydrogen-bond acceptors (Lipinski definition) is 4. The highest BCUT2D eigenvalue weighted by atomic mass is 35.5. The maximum atomic E-state index is 12.0. The molecular formula is C16H14ClNO3. The van der Waals surface area contributed by atoms with E-state index in [1.165, 1.54) is 6.07 Å². The lowest BCUT2D eigenvalue weighted by Crippen LogP contribution is -2.22. The largest absolute Gasteiger partial charge is 0.486 e. The fourth-order valence-electron chi connectivity index (χ4n) is 2.27. The Kier molecular flexibility index (Phi) is 3.71. The van der Waals surface area contributed by atoms with E-state index in [9.17, 15) is 4.79 Å². The van der Waals surface area contributed by atoms with E-state index in [-0.39, 0.29) is 12.7 Å². The second kappa shape index (κ2) is 5.66. The summed E-state index contributed by atoms with van der Waals surface area (Å²) >= 11 is 5.82. The summed E-state index contributed by atoms with van der Waals surface area (Å²) in [5.41, 5.74) is 7.54. The molecule has 1 unspecified atom stereocenters. The normalized spacial score (nSPS) is 16.1. The van der Waals surface area contributed by atoms with Crippen molar-refractivity contribution in [2.24, 2.45) is 0 Å². The van der Waals surface area contributed by atoms with E-state index < -0.39 is 5.97 Å². The molecule has 1 aliphatic rings. The number of nitrogens with two attached hydrogens (primary N) is 1. The van der Waals surface area contributed by atoms with Gasteiger partial charge in [-0.05, 0) is 29.8 Å². The number of nitrogen functional groups attached to an aromatic ring is 1. The van der Waals surface area contributed by atoms with Gasteiger partial charge in [0.15, 0.2) is 0 Å². The maximum Gasteiger partial charge on any atom is 0.338 e. The fraction of sp³-hybridized carbons (Fsp3) is 0.188. The van der Waals surface area contributed by atoms with Crippen molar-refractivity contribution in [1.29, 1.82) is 0 Å². The van der Waals surface area contributed by atoms with Crippen LogP contribution in [0.2, 0.25) is 5.02 Å². The van der Waals surface area contributed by atoms with E-state index in [0.717, 1.165) is 17.7 Å². The number of fused-ring (bicyclic) bond motifs is 1. The van der Waals surface area contributed by atoms with Crippen LogP contribution in [0.25, 0.3) is 0 Å². The second-order valence-corrected chi connectivity index (χ2v) is 5.29. The average Bonchev–Trinajstić information content (AvgIpc) is 2.90. The second-order valence-electron chi connectivity index (χ2n) is 4.89. The van der Waals surface area contributed by atoms with E-state index in [4.69, 9.17) is 26.8 Å². The van der Waals surface area contributed by atoms with Crippen molar-refractivity contribution in [3.8, 4) is 5.75 Å². The number of halogens is 1. The Balaban J connectivity index is 1.59. The Labute approximate surface area is 127 Å². The van der Waals surface area contributed by atoms with Gasteiger partial charge < -0.3 is 15.2 Å². The van der Waals surface area contributed by atoms with Crippen LogP contribution >= 0.6 is 11.6 Å². The highest BCUT2D eigenvalue weighted by Gasteiger charge is 2.23. The molecule has 1 aliphatic heterocycles. The molecule has 2 aromatic rings. The zero-order valence-electron chi connectivity index (χ0n) is 11.2. The summed E-state index contributed by atoms with van der Waals surface area (Å²) in [5, 5.41) is 0.418. The minimum absolute atomic E-state index is 0.143. The Bertz CT molecular complexity index is 662. The number of benzene rings is 2. The third kappa shape index (κ3) is 2.95. The lowest BCUT2D eigenvalue weighted by Gasteiger charge is -2.11. The van der Waals surface area contributed by atoms with Crippen molar-refractivity contribution >= 4 is 23.3 Å². The van der Waals surface area contributed by atoms with Crippen LogP contribution in [0.15, 0.2) is 42.5 Å². The van der Waals surface area contributed by atoms with E-state index >= 15 is 0 Å². The van der Waals surface area contributed by atoms with Gasteiger partial charge in [0.1, 0.15) is 18.5 Å². The van der Waals surface area contributed by atoms with Crippen molar-refractivity contribution in [1.82, 2.24) is 0 Å². The summed E-state index contributed by atoms with van der Waals surface area (Å²) in [5.74, 6) is 0.423. The van der Waals surface area contributed by atoms with E-state index in [0.29, 0.717) is 16.3 Å². The summed E-state index contributed by atoms with van der Waals surface area (Å²) in [7, 11) is 0. The molecule has 4 nitrogen and oxygen atoms in total. The van der Waals surface area contributed by atoms with Crippen molar-refractivity contribution in [3.05, 3.63) is 58.6 Å². The van der Waals surface area contributed by atoms with Crippen LogP contribution in [-0.4, -0.2) is 18.7 Å². The molecule has 0 bridgehead atoms. The first-order chi connectivity index (χ1) is 10.1. The molecule has 0 saturated carbocycles. The number of esters is 1. The van der Waals surface area contributed by atoms with Crippen molar-refractivity contribution in [2.75, 3.05) is 12.3 Å². The first-order valence-corrected chi connectivity index (χ1v) is 6.98. The van der Waals surface area contributed by atoms with Crippen LogP contribution in [0.3, 0.4) is 0 Å². The Hall–Kier alpha value is -2.20. The molecule has 1 heterocycles. The molecule has 0 spiro atoms. The SMILES string of the molecule is Nc1cc(C(=O)OCC2Cc3ccccc3O2)ccc1Cl. The number of anilines is 1. The van der Waals surface area contributed by atoms with Gasteiger partial charge in [-0.3, -0.25) is 0 Å². The number of hydrogen-bond donors (Lipinski definition) is 1. The van der Waals surface area contributed by atoms with Crippen LogP contribution in [0.1, 0.15) is 15.9 Å². The molecule has 3 rings (SSSR count). The summed E-state index contributed by atoms with van der Waals surface area (Å²) in [6.07, 6.45) is 0.600. The van der Waals surface area contributed by atoms with Crippen LogP contribution in [-0.2, 0) is 11.2 Å². The summed E-state index contributed by atoms with van der Waals surface area (Å²) in [4.78, 5) is 12.0. The highest BCUT2D eigenvalue weighted by molar-refractivity contribution is 6.33. The van der Waals surface area contributed by atoms with Crippen molar-refractivity contribution in [3.63, 3.8) is 0 Å². The van der Waals surface area contributed by atoms with Crippen LogP contribution < -0.4 is 10.5 Å². The quantitative estimate of drug-likeness (QED) is 0.699. The van der Waals surface area contributed by atoms with Gasteiger partial charge in [-0.1, -0.05) is 29.8 Å². The molecule has 0 saturated heterocycles. The predicted octanol–water partition coefficient (Wildman–Crippen LogP) is 3.08. The number of rotatable bonds is 3. The molecule has 108 valence electrons. The van der Waals surface area contributed by atoms with Gasteiger partial charge in [0.2, 0.25) is 0 Å². The third-order valence-electron chi connectivity index (χ3n) is 3.35. The molecule has 2 aromatic carbocycles. The van der Waals surface area contributed by atoms with Gasteiger partial charge in [0.25, 0.3) is 0 Å². The zero-order valence-corrected chi connectivity index (χ0v) is 12.0. The molecule has 1 atom stereocenters. The molecule has 21 heavy (non-hydrogen) atoms. The third-order valence-corrected chi connectivity index (χ3v) is 3.69. The highest BCUT2D eigenvalue weighted by Crippen LogP contribution is 2.28. The lowest BCUT2D eigenvalue weighted by atomic mass is 10.1. The smallest absolute Gasteiger partial charge is 0.338 e. The first-order valence-electron chi connectivity index (χ1n) is 6.60. The van der Waals surface area contributed by atoms with Gasteiger partial charge in [0, 0.05) is 6.42 Å². The topological polar surface area (TPSA) is 61.6 Å². The standard InChI is InChI=1S/C16H14ClNO3/c17-13-6-5-11(8-14(13)18)16(19)20-9-12-7-10-3-1-2-4-15(10)21-12/h1-6,8,12H,7,9,18H2. The maximum absolute atomic E-state index is 12.0. The summed E-state index contributed by atoms with van der Waals surface area (Å²) < 4.78 is 11.0. The fourth-order valence-corrected chi connectivity index (χ4v) is 2.39. The minimum atomic E-state index is -0.432. The van der Waals surface area contributed by atoms with Gasteiger partial charge in [0.05, 0.1) is 16.3 Å². The monoisotopic (exact) mass is 303 g/mol. The molecule has 0 radical (unpaired) electrons. The van der Waals surface area contributed by atoms with E-state index in [1.807, 2.05) is 24.3 Å². The van der Waals surface area contributed by atoms with E-state index in [1.54, 1.807) is 12.1 Å². The van der Waals surface area contributed by atoms with Crippen molar-refractivity contribution in [2.45, 2.75) is 12.5 Å². The van der Waals surface area contributed by atoms with Gasteiger partial charge in [-0.25, -0.2) is 4.79 Å². The molecule has 5 heteroatoms. The Morgan fingerprint density at radius 2 is 2.14 bits per heavy atom. The number of para-hydroxylation sites is 1. The van der Waals surface area contributed by atoms with E-state index in [2.05, 4.69) is 0 Å². The minimum Gasteiger partial charge on any atom is -0.486 e. The molecule has 0 amide bonds. The number of ether oxygens (including phenoxy) is 2. The number of carbonyl (C=O) groups is 1. The molecule has 0 fully saturated rings. The Morgan fingerprint density at radius 3 is 2.90 bits per heavy atom. The Morgan fingerprint density at radius 1 is 1.33 bits per heavy atom. The summed E-state index contributed by atoms with van der Waals surface area (Å²) in [6, 6.07) is 12.5. The summed E-state index contributed by atoms with van der Waals surface area (Å²) in [6.45, 7) is 0.204. The van der Waals surface area contributed by atoms with Gasteiger partial charge in [-0.2, -0.15) is 0 Å².